The molecule has 1 rings (SSSR count). The van der Waals surface area contributed by atoms with Gasteiger partial charge in [-0.05, 0) is 37.1 Å². The molecule has 1 N–H and O–H groups in total. The van der Waals surface area contributed by atoms with E-state index < -0.39 is 0 Å². The molecule has 6 heteroatoms. The fourth-order valence-electron chi connectivity index (χ4n) is 1.66. The lowest BCUT2D eigenvalue weighted by Gasteiger charge is -2.19. The zero-order valence-corrected chi connectivity index (χ0v) is 12.5. The summed E-state index contributed by atoms with van der Waals surface area (Å²) in [5.41, 5.74) is 1.14. The molecule has 0 aliphatic carbocycles. The standard InChI is InChI=1S/C11H21BrN4O/c1-13-10(8-17-4)11-9(12)7-14-16(11)6-5-15(2)3/h7,10,13H,5-6,8H2,1-4H3. The average molecular weight is 305 g/mol. The minimum Gasteiger partial charge on any atom is -0.383 e. The number of hydrogen-bond acceptors (Lipinski definition) is 4. The van der Waals surface area contributed by atoms with Gasteiger partial charge in [-0.15, -0.1) is 0 Å². The van der Waals surface area contributed by atoms with Gasteiger partial charge >= 0.3 is 0 Å². The van der Waals surface area contributed by atoms with Crippen molar-refractivity contribution in [3.05, 3.63) is 16.4 Å². The SMILES string of the molecule is CNC(COC)c1c(Br)cnn1CCN(C)C. The zero-order valence-electron chi connectivity index (χ0n) is 10.9. The molecule has 0 amide bonds. The number of likely N-dealkylation sites (N-methyl/N-ethyl adjacent to an activating group) is 2. The van der Waals surface area contributed by atoms with E-state index in [4.69, 9.17) is 4.74 Å². The Morgan fingerprint density at radius 1 is 1.59 bits per heavy atom. The maximum atomic E-state index is 5.22. The summed E-state index contributed by atoms with van der Waals surface area (Å²) in [6.07, 6.45) is 1.84. The summed E-state index contributed by atoms with van der Waals surface area (Å²) < 4.78 is 8.26. The van der Waals surface area contributed by atoms with Crippen molar-refractivity contribution in [2.45, 2.75) is 12.6 Å². The molecular formula is C11H21BrN4O. The highest BCUT2D eigenvalue weighted by molar-refractivity contribution is 9.10. The van der Waals surface area contributed by atoms with Crippen molar-refractivity contribution in [1.82, 2.24) is 20.0 Å². The van der Waals surface area contributed by atoms with Gasteiger partial charge in [0.25, 0.3) is 0 Å². The number of hydrogen-bond donors (Lipinski definition) is 1. The van der Waals surface area contributed by atoms with Crippen LogP contribution in [-0.4, -0.2) is 56.1 Å². The predicted molar refractivity (Wildman–Crippen MR) is 72.2 cm³/mol. The molecule has 1 aromatic heterocycles. The molecule has 5 nitrogen and oxygen atoms in total. The second kappa shape index (κ2) is 7.10. The number of nitrogens with one attached hydrogen (secondary N) is 1. The van der Waals surface area contributed by atoms with E-state index in [1.165, 1.54) is 0 Å². The lowest BCUT2D eigenvalue weighted by atomic mass is 10.2. The van der Waals surface area contributed by atoms with Gasteiger partial charge in [0.2, 0.25) is 0 Å². The molecule has 0 saturated heterocycles. The lowest BCUT2D eigenvalue weighted by molar-refractivity contribution is 0.166. The van der Waals surface area contributed by atoms with E-state index in [2.05, 4.69) is 45.3 Å². The lowest BCUT2D eigenvalue weighted by Crippen LogP contribution is -2.27. The van der Waals surface area contributed by atoms with Gasteiger partial charge in [0, 0.05) is 13.7 Å². The zero-order chi connectivity index (χ0) is 12.8. The molecule has 0 aliphatic rings. The van der Waals surface area contributed by atoms with Crippen LogP contribution < -0.4 is 5.32 Å². The van der Waals surface area contributed by atoms with Crippen molar-refractivity contribution in [2.75, 3.05) is 41.4 Å². The molecule has 1 aromatic rings. The van der Waals surface area contributed by atoms with Crippen molar-refractivity contribution in [2.24, 2.45) is 0 Å². The third-order valence-electron chi connectivity index (χ3n) is 2.60. The Labute approximate surface area is 111 Å². The molecule has 0 bridgehead atoms. The molecule has 98 valence electrons. The largest absolute Gasteiger partial charge is 0.383 e. The van der Waals surface area contributed by atoms with Gasteiger partial charge in [0.1, 0.15) is 0 Å². The third kappa shape index (κ3) is 4.06. The quantitative estimate of drug-likeness (QED) is 0.819. The number of ether oxygens (including phenoxy) is 1. The molecule has 0 fully saturated rings. The number of rotatable bonds is 7. The first kappa shape index (κ1) is 14.6. The summed E-state index contributed by atoms with van der Waals surface area (Å²) in [6, 6.07) is 0.152. The summed E-state index contributed by atoms with van der Waals surface area (Å²) >= 11 is 3.54. The molecule has 1 heterocycles. The highest BCUT2D eigenvalue weighted by Gasteiger charge is 2.18. The molecule has 1 unspecified atom stereocenters. The minimum atomic E-state index is 0.152. The fraction of sp³-hybridized carbons (Fsp3) is 0.727. The van der Waals surface area contributed by atoms with Crippen LogP contribution in [-0.2, 0) is 11.3 Å². The van der Waals surface area contributed by atoms with Gasteiger partial charge in [-0.2, -0.15) is 5.10 Å². The van der Waals surface area contributed by atoms with Gasteiger partial charge in [0.05, 0.1) is 35.6 Å². The molecular weight excluding hydrogens is 284 g/mol. The minimum absolute atomic E-state index is 0.152. The van der Waals surface area contributed by atoms with Crippen LogP contribution >= 0.6 is 15.9 Å². The third-order valence-corrected chi connectivity index (χ3v) is 3.22. The molecule has 0 radical (unpaired) electrons. The molecule has 0 spiro atoms. The van der Waals surface area contributed by atoms with E-state index >= 15 is 0 Å². The normalized spacial score (nSPS) is 13.3. The molecule has 0 aliphatic heterocycles. The van der Waals surface area contributed by atoms with Crippen LogP contribution in [0.25, 0.3) is 0 Å². The summed E-state index contributed by atoms with van der Waals surface area (Å²) in [4.78, 5) is 2.14. The molecule has 0 aromatic carbocycles. The van der Waals surface area contributed by atoms with Crippen LogP contribution in [0.1, 0.15) is 11.7 Å². The Morgan fingerprint density at radius 2 is 2.29 bits per heavy atom. The Morgan fingerprint density at radius 3 is 2.82 bits per heavy atom. The van der Waals surface area contributed by atoms with Gasteiger partial charge in [0.15, 0.2) is 0 Å². The van der Waals surface area contributed by atoms with Crippen LogP contribution in [0, 0.1) is 0 Å². The van der Waals surface area contributed by atoms with Crippen LogP contribution in [0.4, 0.5) is 0 Å². The predicted octanol–water partition coefficient (Wildman–Crippen LogP) is 1.11. The first-order valence-corrected chi connectivity index (χ1v) is 6.41. The van der Waals surface area contributed by atoms with E-state index in [1.54, 1.807) is 7.11 Å². The highest BCUT2D eigenvalue weighted by atomic mass is 79.9. The number of halogens is 1. The van der Waals surface area contributed by atoms with Gasteiger partial charge in [-0.1, -0.05) is 0 Å². The van der Waals surface area contributed by atoms with E-state index in [-0.39, 0.29) is 6.04 Å². The first-order valence-electron chi connectivity index (χ1n) is 5.62. The molecule has 1 atom stereocenters. The smallest absolute Gasteiger partial charge is 0.0738 e. The van der Waals surface area contributed by atoms with Crippen LogP contribution in [0.15, 0.2) is 10.7 Å². The topological polar surface area (TPSA) is 42.3 Å². The maximum absolute atomic E-state index is 5.22. The Bertz CT molecular complexity index is 340. The number of methoxy groups -OCH3 is 1. The summed E-state index contributed by atoms with van der Waals surface area (Å²) in [6.45, 7) is 2.46. The molecule has 0 saturated carbocycles. The Kier molecular flexibility index (Phi) is 6.11. The van der Waals surface area contributed by atoms with Crippen molar-refractivity contribution in [3.8, 4) is 0 Å². The van der Waals surface area contributed by atoms with Gasteiger partial charge in [-0.3, -0.25) is 4.68 Å². The Hall–Kier alpha value is -0.430. The fourth-order valence-corrected chi connectivity index (χ4v) is 2.23. The van der Waals surface area contributed by atoms with Crippen molar-refractivity contribution in [3.63, 3.8) is 0 Å². The highest BCUT2D eigenvalue weighted by Crippen LogP contribution is 2.23. The Balaban J connectivity index is 2.84. The van der Waals surface area contributed by atoms with E-state index in [0.717, 1.165) is 23.3 Å². The number of nitrogens with zero attached hydrogens (tertiary/aromatic N) is 3. The van der Waals surface area contributed by atoms with E-state index in [1.807, 2.05) is 17.9 Å². The number of aromatic nitrogens is 2. The second-order valence-corrected chi connectivity index (χ2v) is 5.06. The van der Waals surface area contributed by atoms with Crippen molar-refractivity contribution in [1.29, 1.82) is 0 Å². The van der Waals surface area contributed by atoms with Crippen LogP contribution in [0.2, 0.25) is 0 Å². The van der Waals surface area contributed by atoms with Gasteiger partial charge in [-0.25, -0.2) is 0 Å². The second-order valence-electron chi connectivity index (χ2n) is 4.20. The maximum Gasteiger partial charge on any atom is 0.0738 e. The summed E-state index contributed by atoms with van der Waals surface area (Å²) in [5.74, 6) is 0. The summed E-state index contributed by atoms with van der Waals surface area (Å²) in [7, 11) is 7.75. The van der Waals surface area contributed by atoms with Crippen LogP contribution in [0.3, 0.4) is 0 Å². The average Bonchev–Trinajstić information content (AvgIpc) is 2.65. The van der Waals surface area contributed by atoms with Crippen molar-refractivity contribution < 1.29 is 4.74 Å². The van der Waals surface area contributed by atoms with E-state index in [9.17, 15) is 0 Å². The van der Waals surface area contributed by atoms with Crippen LogP contribution in [0.5, 0.6) is 0 Å². The first-order chi connectivity index (χ1) is 8.10. The molecule has 17 heavy (non-hydrogen) atoms. The van der Waals surface area contributed by atoms with Gasteiger partial charge < -0.3 is 15.0 Å². The van der Waals surface area contributed by atoms with Crippen molar-refractivity contribution >= 4 is 15.9 Å². The van der Waals surface area contributed by atoms with E-state index in [0.29, 0.717) is 6.61 Å². The monoisotopic (exact) mass is 304 g/mol. The summed E-state index contributed by atoms with van der Waals surface area (Å²) in [5, 5.41) is 7.63.